The highest BCUT2D eigenvalue weighted by Crippen LogP contribution is 2.36. The molecule has 88 valence electrons. The summed E-state index contributed by atoms with van der Waals surface area (Å²) in [6.07, 6.45) is -2.82. The Kier molecular flexibility index (Phi) is 4.02. The fraction of sp³-hybridized carbons (Fsp3) is 0.273. The van der Waals surface area contributed by atoms with E-state index in [2.05, 4.69) is 27.8 Å². The largest absolute Gasteiger partial charge is 0.418 e. The van der Waals surface area contributed by atoms with Crippen molar-refractivity contribution in [3.05, 3.63) is 40.9 Å². The Hall–Kier alpha value is -0.970. The van der Waals surface area contributed by atoms with Crippen LogP contribution in [0.15, 0.2) is 35.3 Å². The molecule has 1 N–H and O–H groups in total. The molecule has 0 saturated carbocycles. The summed E-state index contributed by atoms with van der Waals surface area (Å²) in [5.74, 6) is 0. The Balaban J connectivity index is 3.13. The minimum atomic E-state index is -4.37. The molecule has 0 heterocycles. The molecule has 5 heteroatoms. The van der Waals surface area contributed by atoms with Gasteiger partial charge in [-0.05, 0) is 25.1 Å². The lowest BCUT2D eigenvalue weighted by molar-refractivity contribution is -0.137. The van der Waals surface area contributed by atoms with Crippen molar-refractivity contribution in [1.29, 1.82) is 0 Å². The van der Waals surface area contributed by atoms with E-state index in [0.29, 0.717) is 4.47 Å². The molecule has 1 aromatic rings. The molecule has 0 radical (unpaired) electrons. The highest BCUT2D eigenvalue weighted by molar-refractivity contribution is 9.10. The molecule has 0 aliphatic rings. The standard InChI is InChI=1S/C11H11BrF3N/c1-3-7(2)16-10-5-4-8(12)6-9(10)11(13,14)15/h3-7,16H,1H2,2H3. The van der Waals surface area contributed by atoms with Gasteiger partial charge in [0.2, 0.25) is 0 Å². The van der Waals surface area contributed by atoms with Gasteiger partial charge in [0.1, 0.15) is 0 Å². The van der Waals surface area contributed by atoms with Gasteiger partial charge in [-0.15, -0.1) is 6.58 Å². The summed E-state index contributed by atoms with van der Waals surface area (Å²) in [4.78, 5) is 0. The average molecular weight is 294 g/mol. The van der Waals surface area contributed by atoms with Gasteiger partial charge in [0.25, 0.3) is 0 Å². The van der Waals surface area contributed by atoms with Gasteiger partial charge in [-0.3, -0.25) is 0 Å². The number of benzene rings is 1. The SMILES string of the molecule is C=CC(C)Nc1ccc(Br)cc1C(F)(F)F. The van der Waals surface area contributed by atoms with Crippen molar-refractivity contribution >= 4 is 21.6 Å². The maximum atomic E-state index is 12.7. The first-order chi connectivity index (χ1) is 7.34. The van der Waals surface area contributed by atoms with E-state index in [0.717, 1.165) is 6.07 Å². The second kappa shape index (κ2) is 4.91. The molecule has 0 aliphatic carbocycles. The summed E-state index contributed by atoms with van der Waals surface area (Å²) in [5.41, 5.74) is -0.626. The van der Waals surface area contributed by atoms with Crippen LogP contribution in [0.3, 0.4) is 0 Å². The van der Waals surface area contributed by atoms with E-state index >= 15 is 0 Å². The van der Waals surface area contributed by atoms with Crippen LogP contribution in [0.2, 0.25) is 0 Å². The van der Waals surface area contributed by atoms with Crippen LogP contribution in [0, 0.1) is 0 Å². The van der Waals surface area contributed by atoms with Crippen LogP contribution in [-0.2, 0) is 6.18 Å². The Morgan fingerprint density at radius 2 is 2.06 bits per heavy atom. The van der Waals surface area contributed by atoms with E-state index in [-0.39, 0.29) is 11.7 Å². The third kappa shape index (κ3) is 3.27. The van der Waals surface area contributed by atoms with E-state index in [4.69, 9.17) is 0 Å². The molecule has 0 aromatic heterocycles. The Morgan fingerprint density at radius 3 is 2.56 bits per heavy atom. The van der Waals surface area contributed by atoms with Gasteiger partial charge >= 0.3 is 6.18 Å². The van der Waals surface area contributed by atoms with Crippen LogP contribution in [0.4, 0.5) is 18.9 Å². The maximum Gasteiger partial charge on any atom is 0.418 e. The highest BCUT2D eigenvalue weighted by atomic mass is 79.9. The van der Waals surface area contributed by atoms with Crippen molar-refractivity contribution in [3.63, 3.8) is 0 Å². The zero-order valence-electron chi connectivity index (χ0n) is 8.61. The second-order valence-corrected chi connectivity index (χ2v) is 4.27. The first-order valence-corrected chi connectivity index (χ1v) is 5.39. The Bertz CT molecular complexity index is 387. The predicted molar refractivity (Wildman–Crippen MR) is 62.4 cm³/mol. The lowest BCUT2D eigenvalue weighted by Crippen LogP contribution is -2.16. The van der Waals surface area contributed by atoms with Crippen molar-refractivity contribution in [2.75, 3.05) is 5.32 Å². The summed E-state index contributed by atoms with van der Waals surface area (Å²) in [5, 5.41) is 2.74. The lowest BCUT2D eigenvalue weighted by Gasteiger charge is -2.17. The Morgan fingerprint density at radius 1 is 1.44 bits per heavy atom. The van der Waals surface area contributed by atoms with E-state index in [1.165, 1.54) is 6.07 Å². The van der Waals surface area contributed by atoms with Crippen LogP contribution < -0.4 is 5.32 Å². The molecule has 0 fully saturated rings. The van der Waals surface area contributed by atoms with Crippen molar-refractivity contribution in [2.24, 2.45) is 0 Å². The minimum absolute atomic E-state index is 0.0584. The molecule has 1 aromatic carbocycles. The van der Waals surface area contributed by atoms with Crippen LogP contribution in [0.5, 0.6) is 0 Å². The quantitative estimate of drug-likeness (QED) is 0.812. The lowest BCUT2D eigenvalue weighted by atomic mass is 10.1. The van der Waals surface area contributed by atoms with Gasteiger partial charge in [-0.2, -0.15) is 13.2 Å². The van der Waals surface area contributed by atoms with E-state index in [1.807, 2.05) is 0 Å². The van der Waals surface area contributed by atoms with E-state index in [9.17, 15) is 13.2 Å². The van der Waals surface area contributed by atoms with Crippen molar-refractivity contribution in [2.45, 2.75) is 19.1 Å². The number of anilines is 1. The van der Waals surface area contributed by atoms with Crippen LogP contribution in [0.1, 0.15) is 12.5 Å². The van der Waals surface area contributed by atoms with Gasteiger partial charge in [0, 0.05) is 16.2 Å². The van der Waals surface area contributed by atoms with E-state index < -0.39 is 11.7 Å². The number of halogens is 4. The number of rotatable bonds is 3. The molecule has 0 aliphatic heterocycles. The normalized spacial score (nSPS) is 13.3. The number of alkyl halides is 3. The monoisotopic (exact) mass is 293 g/mol. The third-order valence-electron chi connectivity index (χ3n) is 2.02. The molecular formula is C11H11BrF3N. The molecule has 1 nitrogen and oxygen atoms in total. The molecule has 1 unspecified atom stereocenters. The van der Waals surface area contributed by atoms with E-state index in [1.54, 1.807) is 19.1 Å². The number of nitrogens with one attached hydrogen (secondary N) is 1. The molecule has 0 saturated heterocycles. The van der Waals surface area contributed by atoms with Crippen molar-refractivity contribution in [1.82, 2.24) is 0 Å². The smallest absolute Gasteiger partial charge is 0.379 e. The molecule has 0 spiro atoms. The highest BCUT2D eigenvalue weighted by Gasteiger charge is 2.33. The summed E-state index contributed by atoms with van der Waals surface area (Å²) in [7, 11) is 0. The molecule has 0 bridgehead atoms. The summed E-state index contributed by atoms with van der Waals surface area (Å²) in [6, 6.07) is 3.79. The molecule has 1 rings (SSSR count). The van der Waals surface area contributed by atoms with Gasteiger partial charge in [0.15, 0.2) is 0 Å². The van der Waals surface area contributed by atoms with Gasteiger partial charge in [0.05, 0.1) is 5.56 Å². The topological polar surface area (TPSA) is 12.0 Å². The average Bonchev–Trinajstić information content (AvgIpc) is 2.19. The van der Waals surface area contributed by atoms with Crippen LogP contribution >= 0.6 is 15.9 Å². The molecule has 0 amide bonds. The second-order valence-electron chi connectivity index (χ2n) is 3.36. The fourth-order valence-electron chi connectivity index (χ4n) is 1.18. The summed E-state index contributed by atoms with van der Waals surface area (Å²) < 4.78 is 38.5. The maximum absolute atomic E-state index is 12.7. The Labute approximate surface area is 100 Å². The van der Waals surface area contributed by atoms with Gasteiger partial charge in [-0.1, -0.05) is 22.0 Å². The number of hydrogen-bond donors (Lipinski definition) is 1. The van der Waals surface area contributed by atoms with Crippen LogP contribution in [-0.4, -0.2) is 6.04 Å². The molecular weight excluding hydrogens is 283 g/mol. The van der Waals surface area contributed by atoms with Crippen molar-refractivity contribution in [3.8, 4) is 0 Å². The molecule has 16 heavy (non-hydrogen) atoms. The number of hydrogen-bond acceptors (Lipinski definition) is 1. The zero-order valence-corrected chi connectivity index (χ0v) is 10.2. The minimum Gasteiger partial charge on any atom is -0.379 e. The van der Waals surface area contributed by atoms with Crippen molar-refractivity contribution < 1.29 is 13.2 Å². The zero-order chi connectivity index (χ0) is 12.3. The molecule has 1 atom stereocenters. The predicted octanol–water partition coefficient (Wildman–Crippen LogP) is 4.45. The van der Waals surface area contributed by atoms with Gasteiger partial charge < -0.3 is 5.32 Å². The third-order valence-corrected chi connectivity index (χ3v) is 2.52. The first-order valence-electron chi connectivity index (χ1n) is 4.60. The van der Waals surface area contributed by atoms with Crippen LogP contribution in [0.25, 0.3) is 0 Å². The fourth-order valence-corrected chi connectivity index (χ4v) is 1.54. The summed E-state index contributed by atoms with van der Waals surface area (Å²) >= 11 is 3.02. The van der Waals surface area contributed by atoms with Gasteiger partial charge in [-0.25, -0.2) is 0 Å². The summed E-state index contributed by atoms with van der Waals surface area (Å²) in [6.45, 7) is 5.24. The first kappa shape index (κ1) is 13.1.